The monoisotopic (exact) mass is 277 g/mol. The highest BCUT2D eigenvalue weighted by Gasteiger charge is 2.44. The van der Waals surface area contributed by atoms with Gasteiger partial charge >= 0.3 is 0 Å². The summed E-state index contributed by atoms with van der Waals surface area (Å²) in [5.74, 6) is -0.837. The number of benzene rings is 1. The highest BCUT2D eigenvalue weighted by Crippen LogP contribution is 2.40. The minimum atomic E-state index is -0.396. The summed E-state index contributed by atoms with van der Waals surface area (Å²) in [6, 6.07) is 6.28. The van der Waals surface area contributed by atoms with E-state index in [1.807, 2.05) is 13.8 Å². The fraction of sp³-hybridized carbons (Fsp3) is 0.500. The van der Waals surface area contributed by atoms with Crippen molar-refractivity contribution in [2.75, 3.05) is 0 Å². The zero-order chi connectivity index (χ0) is 14.8. The molecule has 3 nitrogen and oxygen atoms in total. The Balaban J connectivity index is 2.25. The molecule has 2 unspecified atom stereocenters. The molecule has 1 aliphatic heterocycles. The second kappa shape index (κ2) is 5.73. The topological polar surface area (TPSA) is 46.2 Å². The van der Waals surface area contributed by atoms with Gasteiger partial charge in [0.2, 0.25) is 11.8 Å². The highest BCUT2D eigenvalue weighted by molar-refractivity contribution is 5.99. The third-order valence-corrected chi connectivity index (χ3v) is 4.08. The van der Waals surface area contributed by atoms with Crippen molar-refractivity contribution >= 4 is 11.8 Å². The molecule has 1 heterocycles. The average molecular weight is 277 g/mol. The van der Waals surface area contributed by atoms with E-state index in [4.69, 9.17) is 0 Å². The van der Waals surface area contributed by atoms with Gasteiger partial charge in [-0.15, -0.1) is 0 Å². The lowest BCUT2D eigenvalue weighted by Gasteiger charge is -2.40. The predicted molar refractivity (Wildman–Crippen MR) is 74.4 cm³/mol. The zero-order valence-corrected chi connectivity index (χ0v) is 11.9. The van der Waals surface area contributed by atoms with Crippen molar-refractivity contribution in [2.24, 2.45) is 11.3 Å². The molecular weight excluding hydrogens is 257 g/mol. The molecular formula is C16H20FNO2. The fourth-order valence-electron chi connectivity index (χ4n) is 3.10. The van der Waals surface area contributed by atoms with Crippen LogP contribution in [0.25, 0.3) is 0 Å². The number of imide groups is 1. The van der Waals surface area contributed by atoms with Crippen LogP contribution in [0.15, 0.2) is 24.3 Å². The van der Waals surface area contributed by atoms with Gasteiger partial charge in [0, 0.05) is 12.3 Å². The maximum Gasteiger partial charge on any atom is 0.230 e. The van der Waals surface area contributed by atoms with Crippen LogP contribution in [0.3, 0.4) is 0 Å². The second-order valence-corrected chi connectivity index (χ2v) is 5.89. The number of halogens is 1. The van der Waals surface area contributed by atoms with Gasteiger partial charge in [-0.1, -0.05) is 32.4 Å². The fourth-order valence-corrected chi connectivity index (χ4v) is 3.10. The van der Waals surface area contributed by atoms with Gasteiger partial charge in [0.15, 0.2) is 0 Å². The number of hydrogen-bond acceptors (Lipinski definition) is 2. The van der Waals surface area contributed by atoms with E-state index in [0.717, 1.165) is 18.4 Å². The van der Waals surface area contributed by atoms with Crippen LogP contribution >= 0.6 is 0 Å². The van der Waals surface area contributed by atoms with Gasteiger partial charge in [0.05, 0.1) is 0 Å². The van der Waals surface area contributed by atoms with E-state index < -0.39 is 5.41 Å². The Morgan fingerprint density at radius 2 is 1.95 bits per heavy atom. The quantitative estimate of drug-likeness (QED) is 0.860. The first-order valence-electron chi connectivity index (χ1n) is 7.03. The predicted octanol–water partition coefficient (Wildman–Crippen LogP) is 2.84. The van der Waals surface area contributed by atoms with Crippen LogP contribution in [0.4, 0.5) is 4.39 Å². The molecule has 2 rings (SSSR count). The van der Waals surface area contributed by atoms with E-state index in [0.29, 0.717) is 12.8 Å². The van der Waals surface area contributed by atoms with Crippen LogP contribution in [-0.4, -0.2) is 11.8 Å². The van der Waals surface area contributed by atoms with Gasteiger partial charge in [-0.2, -0.15) is 0 Å². The Kier molecular flexibility index (Phi) is 4.21. The average Bonchev–Trinajstić information content (AvgIpc) is 2.36. The van der Waals surface area contributed by atoms with Crippen LogP contribution in [-0.2, 0) is 16.0 Å². The Morgan fingerprint density at radius 3 is 2.55 bits per heavy atom. The van der Waals surface area contributed by atoms with Gasteiger partial charge in [-0.3, -0.25) is 14.9 Å². The molecule has 108 valence electrons. The van der Waals surface area contributed by atoms with Crippen LogP contribution in [0.5, 0.6) is 0 Å². The molecule has 1 aliphatic rings. The molecule has 0 spiro atoms. The van der Waals surface area contributed by atoms with Crippen molar-refractivity contribution in [2.45, 2.75) is 39.5 Å². The summed E-state index contributed by atoms with van der Waals surface area (Å²) in [4.78, 5) is 23.8. The molecule has 0 saturated carbocycles. The molecule has 0 bridgehead atoms. The summed E-state index contributed by atoms with van der Waals surface area (Å²) in [5.41, 5.74) is 0.560. The smallest absolute Gasteiger partial charge is 0.230 e. The molecule has 0 aromatic heterocycles. The van der Waals surface area contributed by atoms with Crippen molar-refractivity contribution in [3.05, 3.63) is 35.6 Å². The van der Waals surface area contributed by atoms with Crippen LogP contribution in [0.2, 0.25) is 0 Å². The van der Waals surface area contributed by atoms with Crippen molar-refractivity contribution in [3.63, 3.8) is 0 Å². The van der Waals surface area contributed by atoms with Crippen molar-refractivity contribution in [1.82, 2.24) is 5.32 Å². The second-order valence-electron chi connectivity index (χ2n) is 5.89. The minimum Gasteiger partial charge on any atom is -0.296 e. The molecule has 1 fully saturated rings. The van der Waals surface area contributed by atoms with E-state index in [-0.39, 0.29) is 23.5 Å². The molecule has 1 saturated heterocycles. The maximum absolute atomic E-state index is 13.0. The van der Waals surface area contributed by atoms with E-state index in [9.17, 15) is 14.0 Å². The minimum absolute atomic E-state index is 0.171. The Morgan fingerprint density at radius 1 is 1.30 bits per heavy atom. The number of carbonyl (C=O) groups is 2. The molecule has 0 aliphatic carbocycles. The molecule has 4 heteroatoms. The molecule has 2 amide bonds. The van der Waals surface area contributed by atoms with E-state index in [2.05, 4.69) is 5.32 Å². The van der Waals surface area contributed by atoms with Gasteiger partial charge in [-0.05, 0) is 36.0 Å². The standard InChI is InChI=1S/C16H20FNO2/c1-3-4-13-15(20)18-14(19)10-16(13,2)9-11-5-7-12(17)8-6-11/h5-8,13H,3-4,9-10H2,1-2H3,(H,18,19,20). The van der Waals surface area contributed by atoms with Crippen molar-refractivity contribution in [1.29, 1.82) is 0 Å². The largest absolute Gasteiger partial charge is 0.296 e. The summed E-state index contributed by atoms with van der Waals surface area (Å²) >= 11 is 0. The Labute approximate surface area is 118 Å². The SMILES string of the molecule is CCCC1C(=O)NC(=O)CC1(C)Cc1ccc(F)cc1. The molecule has 2 atom stereocenters. The first kappa shape index (κ1) is 14.7. The van der Waals surface area contributed by atoms with Crippen molar-refractivity contribution < 1.29 is 14.0 Å². The van der Waals surface area contributed by atoms with Gasteiger partial charge in [0.25, 0.3) is 0 Å². The van der Waals surface area contributed by atoms with Crippen molar-refractivity contribution in [3.8, 4) is 0 Å². The number of nitrogens with one attached hydrogen (secondary N) is 1. The molecule has 20 heavy (non-hydrogen) atoms. The van der Waals surface area contributed by atoms with Gasteiger partial charge < -0.3 is 0 Å². The summed E-state index contributed by atoms with van der Waals surface area (Å²) < 4.78 is 13.0. The number of hydrogen-bond donors (Lipinski definition) is 1. The number of carbonyl (C=O) groups excluding carboxylic acids is 2. The summed E-state index contributed by atoms with van der Waals surface area (Å²) in [5, 5.41) is 2.43. The summed E-state index contributed by atoms with van der Waals surface area (Å²) in [6.07, 6.45) is 2.60. The lowest BCUT2D eigenvalue weighted by molar-refractivity contribution is -0.143. The molecule has 1 aromatic rings. The van der Waals surface area contributed by atoms with E-state index in [1.165, 1.54) is 12.1 Å². The van der Waals surface area contributed by atoms with Crippen LogP contribution in [0.1, 0.15) is 38.7 Å². The summed E-state index contributed by atoms with van der Waals surface area (Å²) in [6.45, 7) is 4.01. The van der Waals surface area contributed by atoms with E-state index in [1.54, 1.807) is 12.1 Å². The van der Waals surface area contributed by atoms with E-state index >= 15 is 0 Å². The van der Waals surface area contributed by atoms with Crippen LogP contribution < -0.4 is 5.32 Å². The maximum atomic E-state index is 13.0. The molecule has 1 N–H and O–H groups in total. The molecule has 1 aromatic carbocycles. The lowest BCUT2D eigenvalue weighted by Crippen LogP contribution is -2.51. The van der Waals surface area contributed by atoms with Gasteiger partial charge in [-0.25, -0.2) is 4.39 Å². The first-order chi connectivity index (χ1) is 9.44. The number of piperidine rings is 1. The zero-order valence-electron chi connectivity index (χ0n) is 11.9. The van der Waals surface area contributed by atoms with Crippen LogP contribution in [0, 0.1) is 17.2 Å². The Hall–Kier alpha value is -1.71. The highest BCUT2D eigenvalue weighted by atomic mass is 19.1. The number of amides is 2. The first-order valence-corrected chi connectivity index (χ1v) is 7.03. The van der Waals surface area contributed by atoms with Gasteiger partial charge in [0.1, 0.15) is 5.82 Å². The number of rotatable bonds is 4. The Bertz CT molecular complexity index is 512. The summed E-state index contributed by atoms with van der Waals surface area (Å²) in [7, 11) is 0. The normalized spacial score (nSPS) is 26.4. The lowest BCUT2D eigenvalue weighted by atomic mass is 9.66. The third kappa shape index (κ3) is 3.06. The molecule has 0 radical (unpaired) electrons. The third-order valence-electron chi connectivity index (χ3n) is 4.08.